The molecule has 2 amide bonds. The Kier molecular flexibility index (Phi) is 4.66. The van der Waals surface area contributed by atoms with Gasteiger partial charge in [-0.25, -0.2) is 5.06 Å². The minimum Gasteiger partial charge on any atom is -0.336 e. The van der Waals surface area contributed by atoms with E-state index in [2.05, 4.69) is 5.10 Å². The standard InChI is InChI=1S/C16H24N4O3/c1-18-14(21)7-6-12(15(18)13-8-9-17-19(13)2)16(22)20-10-4-3-5-11-23-20/h8-9,12,15H,3-7,10-11H2,1-2H3/t12-,15-/m0/s1. The Bertz CT molecular complexity index is 578. The first-order chi connectivity index (χ1) is 11.1. The lowest BCUT2D eigenvalue weighted by Crippen LogP contribution is -2.48. The summed E-state index contributed by atoms with van der Waals surface area (Å²) < 4.78 is 1.74. The zero-order chi connectivity index (χ0) is 16.4. The molecule has 0 saturated carbocycles. The number of likely N-dealkylation sites (tertiary alicyclic amines) is 1. The van der Waals surface area contributed by atoms with E-state index < -0.39 is 0 Å². The van der Waals surface area contributed by atoms with Gasteiger partial charge < -0.3 is 4.90 Å². The van der Waals surface area contributed by atoms with Crippen LogP contribution in [-0.4, -0.2) is 51.8 Å². The summed E-state index contributed by atoms with van der Waals surface area (Å²) in [5.74, 6) is -0.235. The summed E-state index contributed by atoms with van der Waals surface area (Å²) >= 11 is 0. The van der Waals surface area contributed by atoms with Crippen molar-refractivity contribution in [2.75, 3.05) is 20.2 Å². The Labute approximate surface area is 136 Å². The van der Waals surface area contributed by atoms with Gasteiger partial charge in [-0.05, 0) is 31.7 Å². The van der Waals surface area contributed by atoms with Gasteiger partial charge in [0.05, 0.1) is 24.3 Å². The van der Waals surface area contributed by atoms with Crippen LogP contribution in [0.3, 0.4) is 0 Å². The fraction of sp³-hybridized carbons (Fsp3) is 0.688. The first-order valence-corrected chi connectivity index (χ1v) is 8.27. The van der Waals surface area contributed by atoms with Crippen molar-refractivity contribution in [3.8, 4) is 0 Å². The van der Waals surface area contributed by atoms with E-state index in [4.69, 9.17) is 4.84 Å². The van der Waals surface area contributed by atoms with Crippen molar-refractivity contribution in [3.63, 3.8) is 0 Å². The van der Waals surface area contributed by atoms with Crippen LogP contribution in [0.15, 0.2) is 12.3 Å². The Hall–Kier alpha value is -1.89. The van der Waals surface area contributed by atoms with Gasteiger partial charge in [0.25, 0.3) is 5.91 Å². The average molecular weight is 320 g/mol. The molecule has 23 heavy (non-hydrogen) atoms. The average Bonchev–Trinajstić information content (AvgIpc) is 2.80. The van der Waals surface area contributed by atoms with Crippen LogP contribution in [0.5, 0.6) is 0 Å². The molecule has 0 unspecified atom stereocenters. The molecular formula is C16H24N4O3. The van der Waals surface area contributed by atoms with E-state index in [1.807, 2.05) is 13.1 Å². The van der Waals surface area contributed by atoms with E-state index in [0.717, 1.165) is 25.0 Å². The Balaban J connectivity index is 1.87. The Morgan fingerprint density at radius 3 is 2.87 bits per heavy atom. The molecule has 7 nitrogen and oxygen atoms in total. The number of rotatable bonds is 2. The number of hydroxylamine groups is 2. The van der Waals surface area contributed by atoms with E-state index in [1.165, 1.54) is 5.06 Å². The molecule has 0 N–H and O–H groups in total. The second-order valence-corrected chi connectivity index (χ2v) is 6.31. The predicted octanol–water partition coefficient (Wildman–Crippen LogP) is 1.27. The highest BCUT2D eigenvalue weighted by Crippen LogP contribution is 2.36. The van der Waals surface area contributed by atoms with Crippen LogP contribution in [0.1, 0.15) is 43.8 Å². The van der Waals surface area contributed by atoms with E-state index in [9.17, 15) is 9.59 Å². The summed E-state index contributed by atoms with van der Waals surface area (Å²) in [5.41, 5.74) is 0.883. The Morgan fingerprint density at radius 1 is 1.30 bits per heavy atom. The van der Waals surface area contributed by atoms with E-state index in [-0.39, 0.29) is 23.8 Å². The molecule has 1 aromatic rings. The Morgan fingerprint density at radius 2 is 2.13 bits per heavy atom. The summed E-state index contributed by atoms with van der Waals surface area (Å²) in [6, 6.07) is 1.59. The zero-order valence-electron chi connectivity index (χ0n) is 13.8. The third-order valence-electron chi connectivity index (χ3n) is 4.84. The van der Waals surface area contributed by atoms with Gasteiger partial charge >= 0.3 is 0 Å². The highest BCUT2D eigenvalue weighted by atomic mass is 16.7. The molecule has 2 saturated heterocycles. The van der Waals surface area contributed by atoms with Crippen molar-refractivity contribution < 1.29 is 14.4 Å². The van der Waals surface area contributed by atoms with Gasteiger partial charge in [-0.1, -0.05) is 0 Å². The number of aryl methyl sites for hydroxylation is 1. The monoisotopic (exact) mass is 320 g/mol. The highest BCUT2D eigenvalue weighted by Gasteiger charge is 2.42. The molecule has 3 heterocycles. The van der Waals surface area contributed by atoms with Crippen LogP contribution in [-0.2, 0) is 21.5 Å². The van der Waals surface area contributed by atoms with Crippen molar-refractivity contribution in [1.82, 2.24) is 19.7 Å². The lowest BCUT2D eigenvalue weighted by Gasteiger charge is -2.39. The number of carbonyl (C=O) groups is 2. The van der Waals surface area contributed by atoms with Crippen molar-refractivity contribution >= 4 is 11.8 Å². The van der Waals surface area contributed by atoms with E-state index >= 15 is 0 Å². The van der Waals surface area contributed by atoms with Crippen LogP contribution in [0.4, 0.5) is 0 Å². The number of amides is 2. The van der Waals surface area contributed by atoms with Gasteiger partial charge in [0.2, 0.25) is 5.91 Å². The molecule has 0 radical (unpaired) electrons. The molecule has 2 atom stereocenters. The number of hydrogen-bond donors (Lipinski definition) is 0. The second-order valence-electron chi connectivity index (χ2n) is 6.31. The van der Waals surface area contributed by atoms with Gasteiger partial charge in [0.15, 0.2) is 0 Å². The number of nitrogens with zero attached hydrogens (tertiary/aromatic N) is 4. The van der Waals surface area contributed by atoms with Gasteiger partial charge in [-0.3, -0.25) is 19.1 Å². The third kappa shape index (κ3) is 3.10. The summed E-state index contributed by atoms with van der Waals surface area (Å²) in [5, 5.41) is 5.71. The number of hydrogen-bond acceptors (Lipinski definition) is 4. The highest BCUT2D eigenvalue weighted by molar-refractivity contribution is 5.84. The number of carbonyl (C=O) groups excluding carboxylic acids is 2. The van der Waals surface area contributed by atoms with Crippen LogP contribution in [0.25, 0.3) is 0 Å². The minimum absolute atomic E-state index is 0.0162. The van der Waals surface area contributed by atoms with Gasteiger partial charge in [-0.15, -0.1) is 0 Å². The lowest BCUT2D eigenvalue weighted by atomic mass is 9.86. The molecular weight excluding hydrogens is 296 g/mol. The van der Waals surface area contributed by atoms with Gasteiger partial charge in [0, 0.05) is 33.3 Å². The van der Waals surface area contributed by atoms with Gasteiger partial charge in [-0.2, -0.15) is 5.10 Å². The topological polar surface area (TPSA) is 67.7 Å². The quantitative estimate of drug-likeness (QED) is 0.823. The molecule has 0 aliphatic carbocycles. The minimum atomic E-state index is -0.289. The van der Waals surface area contributed by atoms with Crippen molar-refractivity contribution in [3.05, 3.63) is 18.0 Å². The van der Waals surface area contributed by atoms with Crippen LogP contribution < -0.4 is 0 Å². The first kappa shape index (κ1) is 16.0. The smallest absolute Gasteiger partial charge is 0.251 e. The van der Waals surface area contributed by atoms with Crippen molar-refractivity contribution in [2.24, 2.45) is 13.0 Å². The van der Waals surface area contributed by atoms with Gasteiger partial charge in [0.1, 0.15) is 0 Å². The largest absolute Gasteiger partial charge is 0.336 e. The third-order valence-corrected chi connectivity index (χ3v) is 4.84. The normalized spacial score (nSPS) is 26.3. The molecule has 2 aliphatic heterocycles. The molecule has 0 aromatic carbocycles. The maximum atomic E-state index is 13.0. The second kappa shape index (κ2) is 6.70. The summed E-state index contributed by atoms with van der Waals surface area (Å²) in [7, 11) is 3.61. The molecule has 2 aliphatic rings. The molecule has 126 valence electrons. The molecule has 0 spiro atoms. The first-order valence-electron chi connectivity index (χ1n) is 8.27. The molecule has 1 aromatic heterocycles. The van der Waals surface area contributed by atoms with Crippen LogP contribution in [0.2, 0.25) is 0 Å². The molecule has 7 heteroatoms. The van der Waals surface area contributed by atoms with Crippen molar-refractivity contribution in [2.45, 2.75) is 38.1 Å². The summed E-state index contributed by atoms with van der Waals surface area (Å²) in [4.78, 5) is 32.5. The zero-order valence-corrected chi connectivity index (χ0v) is 13.8. The number of aromatic nitrogens is 2. The maximum absolute atomic E-state index is 13.0. The van der Waals surface area contributed by atoms with E-state index in [1.54, 1.807) is 22.8 Å². The van der Waals surface area contributed by atoms with E-state index in [0.29, 0.717) is 26.0 Å². The molecule has 3 rings (SSSR count). The molecule has 0 bridgehead atoms. The fourth-order valence-electron chi connectivity index (χ4n) is 3.51. The lowest BCUT2D eigenvalue weighted by molar-refractivity contribution is -0.192. The number of piperidine rings is 1. The molecule has 2 fully saturated rings. The van der Waals surface area contributed by atoms with Crippen LogP contribution in [0, 0.1) is 5.92 Å². The summed E-state index contributed by atoms with van der Waals surface area (Å²) in [6.07, 6.45) is 5.68. The summed E-state index contributed by atoms with van der Waals surface area (Å²) in [6.45, 7) is 1.22. The van der Waals surface area contributed by atoms with Crippen molar-refractivity contribution in [1.29, 1.82) is 0 Å². The maximum Gasteiger partial charge on any atom is 0.251 e. The SMILES string of the molecule is CN1C(=O)CC[C@H](C(=O)N2CCCCCO2)[C@H]1c1ccnn1C. The van der Waals surface area contributed by atoms with Crippen LogP contribution >= 0.6 is 0 Å². The predicted molar refractivity (Wildman–Crippen MR) is 83.0 cm³/mol. The fourth-order valence-corrected chi connectivity index (χ4v) is 3.51.